The molecule has 1 rings (SSSR count). The molecule has 6 heteroatoms. The molecule has 0 spiro atoms. The van der Waals surface area contributed by atoms with Gasteiger partial charge in [-0.25, -0.2) is 4.39 Å². The number of benzene rings is 1. The summed E-state index contributed by atoms with van der Waals surface area (Å²) < 4.78 is 13.0. The van der Waals surface area contributed by atoms with Crippen molar-refractivity contribution in [1.29, 1.82) is 0 Å². The Kier molecular flexibility index (Phi) is 6.11. The molecule has 0 aliphatic rings. The van der Waals surface area contributed by atoms with Crippen molar-refractivity contribution in [2.24, 2.45) is 5.92 Å². The predicted octanol–water partition coefficient (Wildman–Crippen LogP) is -0.508. The number of quaternary nitrogens is 1. The molecule has 1 aromatic rings. The first-order valence-electron chi connectivity index (χ1n) is 6.48. The van der Waals surface area contributed by atoms with Gasteiger partial charge in [0.15, 0.2) is 0 Å². The van der Waals surface area contributed by atoms with Crippen LogP contribution in [0.3, 0.4) is 0 Å². The van der Waals surface area contributed by atoms with E-state index in [1.165, 1.54) is 24.3 Å². The fraction of sp³-hybridized carbons (Fsp3) is 0.429. The molecule has 0 radical (unpaired) electrons. The van der Waals surface area contributed by atoms with Crippen molar-refractivity contribution in [3.63, 3.8) is 0 Å². The average Bonchev–Trinajstić information content (AvgIpc) is 2.33. The Hall–Kier alpha value is -1.95. The Morgan fingerprint density at radius 3 is 2.65 bits per heavy atom. The van der Waals surface area contributed by atoms with E-state index in [-0.39, 0.29) is 6.42 Å². The van der Waals surface area contributed by atoms with Gasteiger partial charge >= 0.3 is 0 Å². The Balaban J connectivity index is 2.55. The van der Waals surface area contributed by atoms with Crippen LogP contribution in [0.1, 0.15) is 20.3 Å². The highest BCUT2D eigenvalue weighted by molar-refractivity contribution is 5.93. The van der Waals surface area contributed by atoms with Gasteiger partial charge in [-0.1, -0.05) is 19.9 Å². The van der Waals surface area contributed by atoms with Crippen molar-refractivity contribution in [2.75, 3.05) is 11.9 Å². The number of halogens is 1. The molecule has 0 saturated heterocycles. The number of anilines is 1. The van der Waals surface area contributed by atoms with Gasteiger partial charge in [0.25, 0.3) is 0 Å². The molecule has 3 N–H and O–H groups in total. The van der Waals surface area contributed by atoms with Gasteiger partial charge in [0.2, 0.25) is 5.91 Å². The van der Waals surface area contributed by atoms with E-state index in [0.29, 0.717) is 18.2 Å². The Labute approximate surface area is 117 Å². The van der Waals surface area contributed by atoms with Crippen LogP contribution < -0.4 is 15.7 Å². The molecule has 1 atom stereocenters. The molecule has 0 bridgehead atoms. The molecule has 0 aliphatic heterocycles. The number of hydrogen-bond acceptors (Lipinski definition) is 3. The molecule has 0 saturated carbocycles. The molecule has 20 heavy (non-hydrogen) atoms. The maximum Gasteiger partial charge on any atom is 0.230 e. The molecule has 0 unspecified atom stereocenters. The summed E-state index contributed by atoms with van der Waals surface area (Å²) in [5, 5.41) is 15.0. The van der Waals surface area contributed by atoms with Crippen LogP contribution in [0.5, 0.6) is 0 Å². The SMILES string of the molecule is CC(C)C[NH2+][C@H](CC(=O)Nc1cccc(F)c1)C(=O)[O-]. The summed E-state index contributed by atoms with van der Waals surface area (Å²) in [4.78, 5) is 22.7. The van der Waals surface area contributed by atoms with Crippen molar-refractivity contribution in [2.45, 2.75) is 26.3 Å². The topological polar surface area (TPSA) is 85.8 Å². The standard InChI is InChI=1S/C14H19FN2O3/c1-9(2)8-16-12(14(19)20)7-13(18)17-11-5-3-4-10(15)6-11/h3-6,9,12,16H,7-8H2,1-2H3,(H,17,18)(H,19,20)/t12-/m1/s1. The number of rotatable bonds is 7. The fourth-order valence-electron chi connectivity index (χ4n) is 1.68. The minimum Gasteiger partial charge on any atom is -0.544 e. The zero-order chi connectivity index (χ0) is 15.1. The molecule has 0 aromatic heterocycles. The van der Waals surface area contributed by atoms with Crippen LogP contribution in [-0.2, 0) is 9.59 Å². The maximum atomic E-state index is 13.0. The molecule has 1 aromatic carbocycles. The third-order valence-electron chi connectivity index (χ3n) is 2.71. The number of carboxylic acids is 1. The first kappa shape index (κ1) is 16.1. The smallest absolute Gasteiger partial charge is 0.230 e. The highest BCUT2D eigenvalue weighted by atomic mass is 19.1. The van der Waals surface area contributed by atoms with E-state index < -0.39 is 23.7 Å². The molecule has 0 aliphatic carbocycles. The van der Waals surface area contributed by atoms with Crippen LogP contribution in [0, 0.1) is 11.7 Å². The molecular formula is C14H19FN2O3. The number of nitrogens with two attached hydrogens (primary N) is 1. The zero-order valence-corrected chi connectivity index (χ0v) is 11.6. The highest BCUT2D eigenvalue weighted by Crippen LogP contribution is 2.09. The normalized spacial score (nSPS) is 12.2. The van der Waals surface area contributed by atoms with Crippen molar-refractivity contribution in [3.8, 4) is 0 Å². The second-order valence-electron chi connectivity index (χ2n) is 5.05. The lowest BCUT2D eigenvalue weighted by molar-refractivity contribution is -0.686. The van der Waals surface area contributed by atoms with Gasteiger partial charge in [0, 0.05) is 11.6 Å². The number of carbonyl (C=O) groups is 2. The molecule has 110 valence electrons. The molecule has 0 heterocycles. The maximum absolute atomic E-state index is 13.0. The third-order valence-corrected chi connectivity index (χ3v) is 2.71. The lowest BCUT2D eigenvalue weighted by Crippen LogP contribution is -2.94. The summed E-state index contributed by atoms with van der Waals surface area (Å²) in [7, 11) is 0. The zero-order valence-electron chi connectivity index (χ0n) is 11.6. The van der Waals surface area contributed by atoms with Gasteiger partial charge in [0.1, 0.15) is 11.9 Å². The lowest BCUT2D eigenvalue weighted by atomic mass is 10.1. The summed E-state index contributed by atoms with van der Waals surface area (Å²) >= 11 is 0. The minimum absolute atomic E-state index is 0.217. The number of nitrogens with one attached hydrogen (secondary N) is 1. The summed E-state index contributed by atoms with van der Waals surface area (Å²) in [5.41, 5.74) is 0.302. The van der Waals surface area contributed by atoms with Gasteiger partial charge in [-0.2, -0.15) is 0 Å². The summed E-state index contributed by atoms with van der Waals surface area (Å²) in [6.45, 7) is 4.50. The second-order valence-corrected chi connectivity index (χ2v) is 5.05. The Morgan fingerprint density at radius 2 is 2.10 bits per heavy atom. The van der Waals surface area contributed by atoms with Crippen LogP contribution in [0.25, 0.3) is 0 Å². The molecule has 1 amide bonds. The van der Waals surface area contributed by atoms with Gasteiger partial charge in [-0.05, 0) is 18.2 Å². The molecular weight excluding hydrogens is 263 g/mol. The van der Waals surface area contributed by atoms with Gasteiger partial charge in [-0.3, -0.25) is 4.79 Å². The number of hydrogen-bond donors (Lipinski definition) is 2. The van der Waals surface area contributed by atoms with Crippen LogP contribution in [0.15, 0.2) is 24.3 Å². The fourth-order valence-corrected chi connectivity index (χ4v) is 1.68. The average molecular weight is 282 g/mol. The number of carboxylic acid groups (broad SMARTS) is 1. The summed E-state index contributed by atoms with van der Waals surface area (Å²) in [5.74, 6) is -1.92. The Bertz CT molecular complexity index is 477. The number of carbonyl (C=O) groups excluding carboxylic acids is 2. The number of aliphatic carboxylic acids is 1. The molecule has 5 nitrogen and oxygen atoms in total. The van der Waals surface area contributed by atoms with Crippen LogP contribution in [0.2, 0.25) is 0 Å². The monoisotopic (exact) mass is 282 g/mol. The predicted molar refractivity (Wildman–Crippen MR) is 70.1 cm³/mol. The van der Waals surface area contributed by atoms with E-state index in [1.807, 2.05) is 13.8 Å². The molecule has 0 fully saturated rings. The summed E-state index contributed by atoms with van der Waals surface area (Å²) in [6.07, 6.45) is -0.217. The Morgan fingerprint density at radius 1 is 1.40 bits per heavy atom. The first-order chi connectivity index (χ1) is 9.38. The van der Waals surface area contributed by atoms with E-state index >= 15 is 0 Å². The van der Waals surface area contributed by atoms with Crippen LogP contribution in [0.4, 0.5) is 10.1 Å². The summed E-state index contributed by atoms with van der Waals surface area (Å²) in [6, 6.07) is 4.49. The van der Waals surface area contributed by atoms with Crippen LogP contribution in [-0.4, -0.2) is 24.5 Å². The van der Waals surface area contributed by atoms with Crippen molar-refractivity contribution in [3.05, 3.63) is 30.1 Å². The largest absolute Gasteiger partial charge is 0.544 e. The van der Waals surface area contributed by atoms with E-state index in [2.05, 4.69) is 5.32 Å². The van der Waals surface area contributed by atoms with Crippen molar-refractivity contribution < 1.29 is 24.4 Å². The van der Waals surface area contributed by atoms with E-state index in [1.54, 1.807) is 5.32 Å². The van der Waals surface area contributed by atoms with Gasteiger partial charge in [0.05, 0.1) is 18.9 Å². The van der Waals surface area contributed by atoms with Crippen LogP contribution >= 0.6 is 0 Å². The van der Waals surface area contributed by atoms with E-state index in [0.717, 1.165) is 0 Å². The van der Waals surface area contributed by atoms with Crippen molar-refractivity contribution in [1.82, 2.24) is 0 Å². The second kappa shape index (κ2) is 7.59. The lowest BCUT2D eigenvalue weighted by Gasteiger charge is -2.17. The highest BCUT2D eigenvalue weighted by Gasteiger charge is 2.18. The minimum atomic E-state index is -1.28. The first-order valence-corrected chi connectivity index (χ1v) is 6.48. The van der Waals surface area contributed by atoms with Crippen molar-refractivity contribution >= 4 is 17.6 Å². The van der Waals surface area contributed by atoms with E-state index in [4.69, 9.17) is 0 Å². The number of amides is 1. The third kappa shape index (κ3) is 5.79. The van der Waals surface area contributed by atoms with E-state index in [9.17, 15) is 19.1 Å². The van der Waals surface area contributed by atoms with Gasteiger partial charge in [-0.15, -0.1) is 0 Å². The quantitative estimate of drug-likeness (QED) is 0.706. The van der Waals surface area contributed by atoms with Gasteiger partial charge < -0.3 is 20.5 Å².